The van der Waals surface area contributed by atoms with Crippen LogP contribution in [0.25, 0.3) is 11.9 Å². The van der Waals surface area contributed by atoms with Crippen LogP contribution >= 0.6 is 0 Å². The van der Waals surface area contributed by atoms with E-state index in [1.54, 1.807) is 14.1 Å². The van der Waals surface area contributed by atoms with E-state index in [0.29, 0.717) is 24.2 Å². The fraction of sp³-hybridized carbons (Fsp3) is 0.414. The summed E-state index contributed by atoms with van der Waals surface area (Å²) in [4.78, 5) is 37.5. The van der Waals surface area contributed by atoms with Crippen LogP contribution in [0.15, 0.2) is 32.9 Å². The molecule has 0 atom stereocenters. The second-order valence-corrected chi connectivity index (χ2v) is 11.2. The van der Waals surface area contributed by atoms with Gasteiger partial charge in [-0.05, 0) is 25.7 Å². The number of nitrogen functional groups attached to an aromatic ring is 3. The Hall–Kier alpha value is -6.45. The van der Waals surface area contributed by atoms with Crippen LogP contribution in [0.3, 0.4) is 0 Å². The third kappa shape index (κ3) is 7.29. The number of carbonyl (C=O) groups is 2. The molecule has 0 saturated heterocycles. The number of aliphatic hydroxyl groups is 1. The van der Waals surface area contributed by atoms with Crippen molar-refractivity contribution in [3.8, 4) is 11.9 Å². The molecule has 0 radical (unpaired) electrons. The second-order valence-electron chi connectivity index (χ2n) is 11.2. The first-order valence-corrected chi connectivity index (χ1v) is 15.9. The van der Waals surface area contributed by atoms with E-state index in [1.807, 2.05) is 13.8 Å². The molecule has 5 aromatic heterocycles. The molecule has 5 rings (SSSR count). The van der Waals surface area contributed by atoms with E-state index in [2.05, 4.69) is 55.8 Å². The molecule has 0 fully saturated rings. The number of aromatic nitrogens is 11. The van der Waals surface area contributed by atoms with Crippen molar-refractivity contribution in [1.29, 1.82) is 0 Å². The van der Waals surface area contributed by atoms with Gasteiger partial charge < -0.3 is 27.0 Å². The van der Waals surface area contributed by atoms with Crippen molar-refractivity contribution >= 4 is 52.3 Å². The Morgan fingerprint density at radius 3 is 1.69 bits per heavy atom. The molecule has 22 heteroatoms. The molecule has 0 aliphatic rings. The average molecular weight is 703 g/mol. The van der Waals surface area contributed by atoms with Crippen LogP contribution in [-0.4, -0.2) is 84.6 Å². The zero-order valence-electron chi connectivity index (χ0n) is 28.7. The molecule has 51 heavy (non-hydrogen) atoms. The molecule has 0 spiro atoms. The molecule has 5 heterocycles. The van der Waals surface area contributed by atoms with Crippen molar-refractivity contribution in [2.45, 2.75) is 52.4 Å². The van der Waals surface area contributed by atoms with Crippen molar-refractivity contribution in [2.75, 3.05) is 30.9 Å². The zero-order valence-corrected chi connectivity index (χ0v) is 28.7. The minimum Gasteiger partial charge on any atom is -0.465 e. The number of hydrogen-bond donors (Lipinski definition) is 4. The maximum atomic E-state index is 12.3. The summed E-state index contributed by atoms with van der Waals surface area (Å²) in [6.07, 6.45) is 6.84. The fourth-order valence-corrected chi connectivity index (χ4v) is 4.88. The van der Waals surface area contributed by atoms with Crippen molar-refractivity contribution in [1.82, 2.24) is 54.1 Å². The third-order valence-electron chi connectivity index (χ3n) is 7.63. The summed E-state index contributed by atoms with van der Waals surface area (Å²) >= 11 is 0. The maximum Gasteiger partial charge on any atom is 0.343 e. The van der Waals surface area contributed by atoms with Gasteiger partial charge in [-0.1, -0.05) is 26.7 Å². The summed E-state index contributed by atoms with van der Waals surface area (Å²) in [7, 11) is 4.45. The number of nitrogens with two attached hydrogens (primary N) is 3. The van der Waals surface area contributed by atoms with Crippen LogP contribution in [0.4, 0.5) is 40.6 Å². The number of esters is 1. The lowest BCUT2D eigenvalue weighted by Crippen LogP contribution is -2.15. The van der Waals surface area contributed by atoms with Crippen LogP contribution in [0, 0.1) is 0 Å². The number of methoxy groups -OCH3 is 1. The largest absolute Gasteiger partial charge is 0.465 e. The number of aliphatic hydroxyl groups excluding tert-OH is 1. The van der Waals surface area contributed by atoms with Gasteiger partial charge in [0, 0.05) is 14.1 Å². The van der Waals surface area contributed by atoms with Gasteiger partial charge in [0.25, 0.3) is 11.9 Å². The molecule has 7 N–H and O–H groups in total. The number of ketones is 1. The highest BCUT2D eigenvalue weighted by molar-refractivity contribution is 6.00. The predicted octanol–water partition coefficient (Wildman–Crippen LogP) is 2.93. The summed E-state index contributed by atoms with van der Waals surface area (Å²) in [5, 5.41) is 44.0. The highest BCUT2D eigenvalue weighted by Crippen LogP contribution is 2.34. The Balaban J connectivity index is 1.58. The van der Waals surface area contributed by atoms with Gasteiger partial charge in [-0.2, -0.15) is 44.7 Å². The van der Waals surface area contributed by atoms with Gasteiger partial charge in [0.05, 0.1) is 36.5 Å². The lowest BCUT2D eigenvalue weighted by atomic mass is 10.2. The smallest absolute Gasteiger partial charge is 0.343 e. The quantitative estimate of drug-likeness (QED) is 0.0693. The van der Waals surface area contributed by atoms with Gasteiger partial charge in [-0.25, -0.2) is 14.2 Å². The van der Waals surface area contributed by atoms with E-state index in [0.717, 1.165) is 25.7 Å². The molecule has 0 aliphatic heterocycles. The molecule has 0 bridgehead atoms. The number of rotatable bonds is 15. The number of ether oxygens (including phenoxy) is 1. The molecule has 0 unspecified atom stereocenters. The first kappa shape index (κ1) is 35.8. The molecule has 22 nitrogen and oxygen atoms in total. The van der Waals surface area contributed by atoms with E-state index in [9.17, 15) is 14.7 Å². The minimum atomic E-state index is -0.717. The molecule has 0 aromatic carbocycles. The first-order valence-electron chi connectivity index (χ1n) is 15.9. The standard InChI is InChI=1S/C29H38N18O4/c1-6-8-10-17-20(38-40-24-15(19(49)14-48)12-33-44(24)3)22(30)46(42-17)28-35-27(32)36-29(37-28)47-23(31)21(18(43-47)11-9-7-2)39-41-25-16(26(50)51-5)13-34-45(25)4/h12-13,48H,6-11,14,30-31H2,1-5H3,(H2,32,35,36,37). The Bertz CT molecular complexity index is 1980. The van der Waals surface area contributed by atoms with Gasteiger partial charge >= 0.3 is 5.97 Å². The molecule has 0 saturated carbocycles. The van der Waals surface area contributed by atoms with Crippen molar-refractivity contribution in [2.24, 2.45) is 34.6 Å². The number of carbonyl (C=O) groups excluding carboxylic acids is 2. The Morgan fingerprint density at radius 2 is 1.24 bits per heavy atom. The van der Waals surface area contributed by atoms with E-state index in [-0.39, 0.29) is 63.6 Å². The Kier molecular flexibility index (Phi) is 10.8. The monoisotopic (exact) mass is 702 g/mol. The zero-order chi connectivity index (χ0) is 36.8. The van der Waals surface area contributed by atoms with Gasteiger partial charge in [0.1, 0.15) is 12.2 Å². The molecular formula is C29H38N18O4. The number of aryl methyl sites for hydroxylation is 4. The first-order chi connectivity index (χ1) is 24.5. The number of hydrogen-bond acceptors (Lipinski definition) is 18. The van der Waals surface area contributed by atoms with Crippen molar-refractivity contribution in [3.05, 3.63) is 34.9 Å². The van der Waals surface area contributed by atoms with E-state index in [1.165, 1.54) is 38.2 Å². The van der Waals surface area contributed by atoms with Gasteiger partial charge in [0.15, 0.2) is 40.4 Å². The Morgan fingerprint density at radius 1 is 0.765 bits per heavy atom. The van der Waals surface area contributed by atoms with E-state index >= 15 is 0 Å². The Labute approximate surface area is 290 Å². The van der Waals surface area contributed by atoms with E-state index < -0.39 is 18.4 Å². The average Bonchev–Trinajstić information content (AvgIpc) is 3.86. The second kappa shape index (κ2) is 15.4. The van der Waals surface area contributed by atoms with Gasteiger partial charge in [0.2, 0.25) is 5.95 Å². The molecule has 5 aromatic rings. The third-order valence-corrected chi connectivity index (χ3v) is 7.63. The topological polar surface area (TPSA) is 301 Å². The van der Waals surface area contributed by atoms with Crippen LogP contribution in [0.5, 0.6) is 0 Å². The lowest BCUT2D eigenvalue weighted by Gasteiger charge is -2.07. The van der Waals surface area contributed by atoms with Crippen LogP contribution in [0.1, 0.15) is 71.6 Å². The molecule has 0 amide bonds. The minimum absolute atomic E-state index is 0.0303. The highest BCUT2D eigenvalue weighted by Gasteiger charge is 2.24. The number of nitrogens with zero attached hydrogens (tertiary/aromatic N) is 15. The summed E-state index contributed by atoms with van der Waals surface area (Å²) in [6.45, 7) is 3.33. The SMILES string of the molecule is CCCCc1nn(-c2nc(N)nc(-n3nc(CCCC)c(N=Nc4c(C(=O)OC)cnn4C)c3N)n2)c(N)c1N=Nc1c(C(=O)CO)cnn1C. The number of Topliss-reactive ketones (excluding diaryl/α,β-unsaturated/α-hetero) is 1. The molecule has 0 aliphatic carbocycles. The maximum absolute atomic E-state index is 12.3. The summed E-state index contributed by atoms with van der Waals surface area (Å²) in [5.41, 5.74) is 20.9. The lowest BCUT2D eigenvalue weighted by molar-refractivity contribution is 0.0601. The number of azo groups is 2. The van der Waals surface area contributed by atoms with Gasteiger partial charge in [-0.15, -0.1) is 20.5 Å². The summed E-state index contributed by atoms with van der Waals surface area (Å²) in [5.74, 6) is -1.14. The highest BCUT2D eigenvalue weighted by atomic mass is 16.5. The predicted molar refractivity (Wildman–Crippen MR) is 182 cm³/mol. The molecular weight excluding hydrogens is 664 g/mol. The van der Waals surface area contributed by atoms with Crippen molar-refractivity contribution in [3.63, 3.8) is 0 Å². The fourth-order valence-electron chi connectivity index (χ4n) is 4.88. The van der Waals surface area contributed by atoms with Crippen molar-refractivity contribution < 1.29 is 19.4 Å². The van der Waals surface area contributed by atoms with E-state index in [4.69, 9.17) is 21.9 Å². The van der Waals surface area contributed by atoms with Gasteiger partial charge in [-0.3, -0.25) is 4.79 Å². The number of unbranched alkanes of at least 4 members (excludes halogenated alkanes) is 2. The summed E-state index contributed by atoms with van der Waals surface area (Å²) in [6, 6.07) is 0. The normalized spacial score (nSPS) is 11.7. The number of anilines is 3. The summed E-state index contributed by atoms with van der Waals surface area (Å²) < 4.78 is 10.1. The van der Waals surface area contributed by atoms with Crippen LogP contribution in [0.2, 0.25) is 0 Å². The van der Waals surface area contributed by atoms with Crippen LogP contribution in [-0.2, 0) is 31.7 Å². The molecule has 268 valence electrons. The van der Waals surface area contributed by atoms with Crippen LogP contribution < -0.4 is 17.2 Å².